The number of benzene rings is 1. The second kappa shape index (κ2) is 8.12. The zero-order chi connectivity index (χ0) is 16.7. The van der Waals surface area contributed by atoms with Crippen molar-refractivity contribution in [1.29, 1.82) is 0 Å². The zero-order valence-electron chi connectivity index (χ0n) is 12.9. The predicted octanol–water partition coefficient (Wildman–Crippen LogP) is 4.09. The number of hydrogen-bond donors (Lipinski definition) is 0. The number of methoxy groups -OCH3 is 2. The molecule has 7 heteroatoms. The van der Waals surface area contributed by atoms with Crippen molar-refractivity contribution in [2.45, 2.75) is 12.1 Å². The molecule has 0 aliphatic heterocycles. The molecule has 1 aromatic carbocycles. The van der Waals surface area contributed by atoms with Gasteiger partial charge < -0.3 is 9.47 Å². The number of azide groups is 1. The number of halogens is 1. The van der Waals surface area contributed by atoms with Crippen LogP contribution in [0.15, 0.2) is 47.7 Å². The van der Waals surface area contributed by atoms with Crippen LogP contribution in [0.3, 0.4) is 0 Å². The van der Waals surface area contributed by atoms with E-state index in [9.17, 15) is 4.39 Å². The van der Waals surface area contributed by atoms with Crippen molar-refractivity contribution in [3.63, 3.8) is 0 Å². The second-order valence-electron chi connectivity index (χ2n) is 4.79. The van der Waals surface area contributed by atoms with E-state index in [1.165, 1.54) is 7.11 Å². The highest BCUT2D eigenvalue weighted by atomic mass is 19.1. The van der Waals surface area contributed by atoms with Gasteiger partial charge in [0.05, 0.1) is 19.3 Å². The molecule has 0 bridgehead atoms. The first-order chi connectivity index (χ1) is 11.2. The Morgan fingerprint density at radius 2 is 1.87 bits per heavy atom. The first kappa shape index (κ1) is 16.7. The van der Waals surface area contributed by atoms with E-state index in [0.29, 0.717) is 5.88 Å². The van der Waals surface area contributed by atoms with Crippen LogP contribution in [0.2, 0.25) is 0 Å². The van der Waals surface area contributed by atoms with E-state index in [-0.39, 0.29) is 0 Å². The largest absolute Gasteiger partial charge is 0.481 e. The number of pyridine rings is 1. The lowest BCUT2D eigenvalue weighted by Crippen LogP contribution is -2.20. The molecular weight excluding hydrogens is 299 g/mol. The highest BCUT2D eigenvalue weighted by molar-refractivity contribution is 5.63. The average Bonchev–Trinajstić information content (AvgIpc) is 2.62. The Labute approximate surface area is 133 Å². The van der Waals surface area contributed by atoms with Crippen LogP contribution in [0, 0.1) is 0 Å². The van der Waals surface area contributed by atoms with Gasteiger partial charge >= 0.3 is 0 Å². The Kier molecular flexibility index (Phi) is 5.91. The molecule has 1 aromatic heterocycles. The van der Waals surface area contributed by atoms with Crippen LogP contribution in [-0.4, -0.2) is 31.9 Å². The molecule has 0 saturated carbocycles. The number of alkyl halides is 1. The minimum Gasteiger partial charge on any atom is -0.481 e. The fraction of sp³-hybridized carbons (Fsp3) is 0.312. The van der Waals surface area contributed by atoms with Gasteiger partial charge in [-0.1, -0.05) is 29.4 Å². The maximum Gasteiger partial charge on any atom is 0.212 e. The van der Waals surface area contributed by atoms with Gasteiger partial charge in [-0.15, -0.1) is 0 Å². The zero-order valence-corrected chi connectivity index (χ0v) is 12.9. The lowest BCUT2D eigenvalue weighted by molar-refractivity contribution is 0.0722. The summed E-state index contributed by atoms with van der Waals surface area (Å²) in [4.78, 5) is 6.83. The van der Waals surface area contributed by atoms with Crippen LogP contribution in [-0.2, 0) is 4.74 Å². The summed E-state index contributed by atoms with van der Waals surface area (Å²) in [6, 6.07) is 10.2. The third kappa shape index (κ3) is 3.97. The van der Waals surface area contributed by atoms with Gasteiger partial charge in [-0.05, 0) is 22.7 Å². The van der Waals surface area contributed by atoms with Crippen LogP contribution < -0.4 is 4.74 Å². The van der Waals surface area contributed by atoms with Crippen molar-refractivity contribution in [2.24, 2.45) is 5.11 Å². The smallest absolute Gasteiger partial charge is 0.212 e. The lowest BCUT2D eigenvalue weighted by atomic mass is 10.00. The Bertz CT molecular complexity index is 669. The SMILES string of the molecule is COc1ccc(-c2ccc([C@@H](OC)[C@@H](CF)N=[N+]=[N-])cc2)cn1. The maximum absolute atomic E-state index is 13.0. The van der Waals surface area contributed by atoms with Crippen molar-refractivity contribution >= 4 is 0 Å². The predicted molar refractivity (Wildman–Crippen MR) is 84.9 cm³/mol. The Morgan fingerprint density at radius 1 is 1.17 bits per heavy atom. The number of aromatic nitrogens is 1. The molecule has 6 nitrogen and oxygen atoms in total. The first-order valence-electron chi connectivity index (χ1n) is 6.96. The summed E-state index contributed by atoms with van der Waals surface area (Å²) in [6.07, 6.45) is 1.09. The molecule has 0 aliphatic carbocycles. The summed E-state index contributed by atoms with van der Waals surface area (Å²) in [5.41, 5.74) is 11.1. The molecule has 120 valence electrons. The molecule has 0 N–H and O–H groups in total. The molecule has 0 unspecified atom stereocenters. The number of ether oxygens (including phenoxy) is 2. The quantitative estimate of drug-likeness (QED) is 0.438. The maximum atomic E-state index is 13.0. The number of hydrogen-bond acceptors (Lipinski definition) is 4. The normalized spacial score (nSPS) is 13.0. The van der Waals surface area contributed by atoms with Crippen molar-refractivity contribution in [1.82, 2.24) is 4.98 Å². The molecule has 2 rings (SSSR count). The molecule has 0 radical (unpaired) electrons. The van der Waals surface area contributed by atoms with Gasteiger partial charge in [-0.2, -0.15) is 0 Å². The van der Waals surface area contributed by atoms with Crippen molar-refractivity contribution in [3.05, 3.63) is 58.6 Å². The van der Waals surface area contributed by atoms with Crippen LogP contribution in [0.25, 0.3) is 21.6 Å². The molecule has 0 fully saturated rings. The summed E-state index contributed by atoms with van der Waals surface area (Å²) in [7, 11) is 3.02. The molecule has 2 aromatic rings. The van der Waals surface area contributed by atoms with E-state index in [1.807, 2.05) is 30.3 Å². The molecule has 1 heterocycles. The summed E-state index contributed by atoms with van der Waals surface area (Å²) >= 11 is 0. The highest BCUT2D eigenvalue weighted by Crippen LogP contribution is 2.27. The standard InChI is InChI=1S/C16H17FN4O2/c1-22-15-8-7-13(10-19-15)11-3-5-12(6-4-11)16(23-2)14(9-17)20-21-18/h3-8,10,14,16H,9H2,1-2H3/t14-,16-/m1/s1. The van der Waals surface area contributed by atoms with E-state index in [1.54, 1.807) is 19.4 Å². The van der Waals surface area contributed by atoms with Gasteiger partial charge in [-0.3, -0.25) is 4.39 Å². The monoisotopic (exact) mass is 316 g/mol. The Morgan fingerprint density at radius 3 is 2.35 bits per heavy atom. The summed E-state index contributed by atoms with van der Waals surface area (Å²) < 4.78 is 23.3. The Balaban J connectivity index is 2.24. The van der Waals surface area contributed by atoms with Gasteiger partial charge in [0, 0.05) is 29.8 Å². The van der Waals surface area contributed by atoms with E-state index in [4.69, 9.17) is 15.0 Å². The molecular formula is C16H17FN4O2. The highest BCUT2D eigenvalue weighted by Gasteiger charge is 2.22. The second-order valence-corrected chi connectivity index (χ2v) is 4.79. The summed E-state index contributed by atoms with van der Waals surface area (Å²) in [6.45, 7) is -0.785. The van der Waals surface area contributed by atoms with E-state index in [2.05, 4.69) is 15.0 Å². The van der Waals surface area contributed by atoms with Crippen LogP contribution in [0.5, 0.6) is 5.88 Å². The molecule has 0 spiro atoms. The van der Waals surface area contributed by atoms with Gasteiger partial charge in [-0.25, -0.2) is 4.98 Å². The van der Waals surface area contributed by atoms with Gasteiger partial charge in [0.15, 0.2) is 0 Å². The van der Waals surface area contributed by atoms with Crippen molar-refractivity contribution in [3.8, 4) is 17.0 Å². The van der Waals surface area contributed by atoms with Gasteiger partial charge in [0.1, 0.15) is 6.67 Å². The molecule has 0 aliphatic rings. The van der Waals surface area contributed by atoms with Crippen LogP contribution in [0.4, 0.5) is 4.39 Å². The topological polar surface area (TPSA) is 80.1 Å². The van der Waals surface area contributed by atoms with Crippen LogP contribution >= 0.6 is 0 Å². The number of nitrogens with zero attached hydrogens (tertiary/aromatic N) is 4. The van der Waals surface area contributed by atoms with Crippen LogP contribution in [0.1, 0.15) is 11.7 Å². The number of rotatable bonds is 7. The van der Waals surface area contributed by atoms with E-state index >= 15 is 0 Å². The van der Waals surface area contributed by atoms with E-state index < -0.39 is 18.8 Å². The van der Waals surface area contributed by atoms with Crippen molar-refractivity contribution < 1.29 is 13.9 Å². The third-order valence-corrected chi connectivity index (χ3v) is 3.48. The van der Waals surface area contributed by atoms with E-state index in [0.717, 1.165) is 16.7 Å². The summed E-state index contributed by atoms with van der Waals surface area (Å²) in [5.74, 6) is 0.546. The lowest BCUT2D eigenvalue weighted by Gasteiger charge is -2.20. The molecule has 23 heavy (non-hydrogen) atoms. The molecule has 0 amide bonds. The molecule has 0 saturated heterocycles. The third-order valence-electron chi connectivity index (χ3n) is 3.48. The van der Waals surface area contributed by atoms with Gasteiger partial charge in [0.2, 0.25) is 5.88 Å². The average molecular weight is 316 g/mol. The minimum atomic E-state index is -0.890. The fourth-order valence-corrected chi connectivity index (χ4v) is 2.29. The fourth-order valence-electron chi connectivity index (χ4n) is 2.29. The minimum absolute atomic E-state index is 0.546. The Hall–Kier alpha value is -2.63. The summed E-state index contributed by atoms with van der Waals surface area (Å²) in [5, 5.41) is 3.45. The molecule has 2 atom stereocenters. The van der Waals surface area contributed by atoms with Crippen molar-refractivity contribution in [2.75, 3.05) is 20.9 Å². The first-order valence-corrected chi connectivity index (χ1v) is 6.96. The van der Waals surface area contributed by atoms with Gasteiger partial charge in [0.25, 0.3) is 0 Å².